The predicted octanol–water partition coefficient (Wildman–Crippen LogP) is 2.77. The van der Waals surface area contributed by atoms with Gasteiger partial charge in [-0.25, -0.2) is 4.79 Å². The topological polar surface area (TPSA) is 71.9 Å². The molecule has 0 bridgehead atoms. The largest absolute Gasteiger partial charge is 0.475 e. The van der Waals surface area contributed by atoms with Gasteiger partial charge in [-0.15, -0.1) is 0 Å². The zero-order valence-electron chi connectivity index (χ0n) is 12.7. The first-order chi connectivity index (χ1) is 10.0. The molecule has 0 fully saturated rings. The SMILES string of the molecule is CCC(C)C(C)Oc1ccc2c(n1)OCCN(C(=O)O)C2. The average Bonchev–Trinajstić information content (AvgIpc) is 2.68. The number of hydrogen-bond donors (Lipinski definition) is 1. The molecule has 6 nitrogen and oxygen atoms in total. The Bertz CT molecular complexity index is 506. The summed E-state index contributed by atoms with van der Waals surface area (Å²) < 4.78 is 11.4. The number of carboxylic acid groups (broad SMARTS) is 1. The summed E-state index contributed by atoms with van der Waals surface area (Å²) in [5.41, 5.74) is 0.762. The maximum absolute atomic E-state index is 11.1. The Morgan fingerprint density at radius 3 is 2.95 bits per heavy atom. The number of fused-ring (bicyclic) bond motifs is 1. The molecule has 0 radical (unpaired) electrons. The van der Waals surface area contributed by atoms with Gasteiger partial charge in [0.25, 0.3) is 0 Å². The smallest absolute Gasteiger partial charge is 0.407 e. The van der Waals surface area contributed by atoms with Crippen molar-refractivity contribution in [2.45, 2.75) is 39.8 Å². The number of nitrogens with zero attached hydrogens (tertiary/aromatic N) is 2. The van der Waals surface area contributed by atoms with Gasteiger partial charge in [0.05, 0.1) is 13.1 Å². The van der Waals surface area contributed by atoms with E-state index in [0.29, 0.717) is 37.4 Å². The highest BCUT2D eigenvalue weighted by molar-refractivity contribution is 5.65. The van der Waals surface area contributed by atoms with Gasteiger partial charge < -0.3 is 19.5 Å². The van der Waals surface area contributed by atoms with Gasteiger partial charge in [0.15, 0.2) is 0 Å². The van der Waals surface area contributed by atoms with Crippen molar-refractivity contribution in [3.63, 3.8) is 0 Å². The van der Waals surface area contributed by atoms with Crippen LogP contribution in [0.4, 0.5) is 4.79 Å². The first kappa shape index (κ1) is 15.4. The van der Waals surface area contributed by atoms with Crippen molar-refractivity contribution < 1.29 is 19.4 Å². The third-order valence-electron chi connectivity index (χ3n) is 3.90. The third kappa shape index (κ3) is 3.77. The zero-order chi connectivity index (χ0) is 15.4. The van der Waals surface area contributed by atoms with Crippen LogP contribution < -0.4 is 9.47 Å². The van der Waals surface area contributed by atoms with E-state index in [1.807, 2.05) is 13.0 Å². The minimum absolute atomic E-state index is 0.0712. The summed E-state index contributed by atoms with van der Waals surface area (Å²) in [4.78, 5) is 16.7. The van der Waals surface area contributed by atoms with E-state index in [4.69, 9.17) is 14.6 Å². The molecule has 0 saturated heterocycles. The Morgan fingerprint density at radius 2 is 2.29 bits per heavy atom. The normalized spacial score (nSPS) is 17.2. The lowest BCUT2D eigenvalue weighted by atomic mass is 10.0. The molecule has 6 heteroatoms. The van der Waals surface area contributed by atoms with Crippen LogP contribution in [0.15, 0.2) is 12.1 Å². The summed E-state index contributed by atoms with van der Waals surface area (Å²) in [5, 5.41) is 9.08. The van der Waals surface area contributed by atoms with Crippen molar-refractivity contribution in [1.82, 2.24) is 9.88 Å². The molecule has 2 atom stereocenters. The van der Waals surface area contributed by atoms with E-state index in [1.165, 1.54) is 4.90 Å². The van der Waals surface area contributed by atoms with Crippen molar-refractivity contribution in [3.8, 4) is 11.8 Å². The van der Waals surface area contributed by atoms with Gasteiger partial charge in [0.2, 0.25) is 11.8 Å². The molecule has 0 spiro atoms. The second kappa shape index (κ2) is 6.65. The second-order valence-corrected chi connectivity index (χ2v) is 5.37. The molecule has 116 valence electrons. The average molecular weight is 294 g/mol. The highest BCUT2D eigenvalue weighted by Crippen LogP contribution is 2.25. The first-order valence-corrected chi connectivity index (χ1v) is 7.28. The van der Waals surface area contributed by atoms with Crippen molar-refractivity contribution in [2.75, 3.05) is 13.2 Å². The van der Waals surface area contributed by atoms with Gasteiger partial charge in [-0.05, 0) is 18.9 Å². The van der Waals surface area contributed by atoms with Gasteiger partial charge >= 0.3 is 6.09 Å². The Balaban J connectivity index is 2.12. The van der Waals surface area contributed by atoms with Gasteiger partial charge in [-0.1, -0.05) is 20.3 Å². The molecule has 2 unspecified atom stereocenters. The highest BCUT2D eigenvalue weighted by atomic mass is 16.5. The molecule has 21 heavy (non-hydrogen) atoms. The molecule has 2 heterocycles. The molecule has 1 amide bonds. The van der Waals surface area contributed by atoms with Crippen LogP contribution in [0, 0.1) is 5.92 Å². The van der Waals surface area contributed by atoms with Crippen LogP contribution in [0.25, 0.3) is 0 Å². The maximum atomic E-state index is 11.1. The Hall–Kier alpha value is -1.98. The highest BCUT2D eigenvalue weighted by Gasteiger charge is 2.21. The van der Waals surface area contributed by atoms with E-state index in [2.05, 4.69) is 18.8 Å². The molecule has 1 aliphatic rings. The number of pyridine rings is 1. The Morgan fingerprint density at radius 1 is 1.52 bits per heavy atom. The number of rotatable bonds is 4. The summed E-state index contributed by atoms with van der Waals surface area (Å²) in [6.45, 7) is 7.21. The minimum Gasteiger partial charge on any atom is -0.475 e. The van der Waals surface area contributed by atoms with Crippen molar-refractivity contribution >= 4 is 6.09 Å². The van der Waals surface area contributed by atoms with E-state index in [1.54, 1.807) is 6.07 Å². The molecule has 1 N–H and O–H groups in total. The standard InChI is InChI=1S/C15H22N2O4/c1-4-10(2)11(3)21-13-6-5-12-9-17(15(18)19)7-8-20-14(12)16-13/h5-6,10-11H,4,7-9H2,1-3H3,(H,18,19). The van der Waals surface area contributed by atoms with Crippen molar-refractivity contribution in [1.29, 1.82) is 0 Å². The second-order valence-electron chi connectivity index (χ2n) is 5.37. The summed E-state index contributed by atoms with van der Waals surface area (Å²) in [7, 11) is 0. The summed E-state index contributed by atoms with van der Waals surface area (Å²) in [6, 6.07) is 3.59. The fourth-order valence-corrected chi connectivity index (χ4v) is 2.10. The molecule has 2 rings (SSSR count). The van der Waals surface area contributed by atoms with Crippen molar-refractivity contribution in [2.24, 2.45) is 5.92 Å². The number of carbonyl (C=O) groups is 1. The van der Waals surface area contributed by atoms with Gasteiger partial charge in [-0.2, -0.15) is 4.98 Å². The summed E-state index contributed by atoms with van der Waals surface area (Å²) in [5.74, 6) is 1.42. The lowest BCUT2D eigenvalue weighted by Gasteiger charge is -2.20. The van der Waals surface area contributed by atoms with Gasteiger partial charge in [0.1, 0.15) is 12.7 Å². The fraction of sp³-hybridized carbons (Fsp3) is 0.600. The van der Waals surface area contributed by atoms with Crippen LogP contribution in [-0.4, -0.2) is 40.3 Å². The summed E-state index contributed by atoms with van der Waals surface area (Å²) in [6.07, 6.45) is 0.162. The number of aromatic nitrogens is 1. The van der Waals surface area contributed by atoms with Crippen LogP contribution >= 0.6 is 0 Å². The molecular weight excluding hydrogens is 272 g/mol. The van der Waals surface area contributed by atoms with E-state index < -0.39 is 6.09 Å². The Kier molecular flexibility index (Phi) is 4.88. The van der Waals surface area contributed by atoms with Gasteiger partial charge in [-0.3, -0.25) is 0 Å². The van der Waals surface area contributed by atoms with Gasteiger partial charge in [0, 0.05) is 11.6 Å². The summed E-state index contributed by atoms with van der Waals surface area (Å²) >= 11 is 0. The molecule has 0 saturated carbocycles. The fourth-order valence-electron chi connectivity index (χ4n) is 2.10. The van der Waals surface area contributed by atoms with Crippen LogP contribution in [0.3, 0.4) is 0 Å². The predicted molar refractivity (Wildman–Crippen MR) is 77.7 cm³/mol. The van der Waals surface area contributed by atoms with Crippen LogP contribution in [0.2, 0.25) is 0 Å². The van der Waals surface area contributed by atoms with Crippen molar-refractivity contribution in [3.05, 3.63) is 17.7 Å². The lowest BCUT2D eigenvalue weighted by Crippen LogP contribution is -2.30. The quantitative estimate of drug-likeness (QED) is 0.924. The molecule has 1 aromatic heterocycles. The Labute approximate surface area is 124 Å². The number of amides is 1. The monoisotopic (exact) mass is 294 g/mol. The molecule has 1 aliphatic heterocycles. The van der Waals surface area contributed by atoms with Crippen LogP contribution in [0.5, 0.6) is 11.8 Å². The van der Waals surface area contributed by atoms with Crippen LogP contribution in [-0.2, 0) is 6.54 Å². The number of hydrogen-bond acceptors (Lipinski definition) is 4. The molecular formula is C15H22N2O4. The molecule has 1 aromatic rings. The molecule has 0 aromatic carbocycles. The van der Waals surface area contributed by atoms with E-state index >= 15 is 0 Å². The van der Waals surface area contributed by atoms with Crippen LogP contribution in [0.1, 0.15) is 32.8 Å². The zero-order valence-corrected chi connectivity index (χ0v) is 12.7. The number of ether oxygens (including phenoxy) is 2. The third-order valence-corrected chi connectivity index (χ3v) is 3.90. The molecule has 0 aliphatic carbocycles. The minimum atomic E-state index is -0.947. The maximum Gasteiger partial charge on any atom is 0.407 e. The first-order valence-electron chi connectivity index (χ1n) is 7.28. The van der Waals surface area contributed by atoms with E-state index in [-0.39, 0.29) is 6.10 Å². The van der Waals surface area contributed by atoms with E-state index in [0.717, 1.165) is 12.0 Å². The van der Waals surface area contributed by atoms with E-state index in [9.17, 15) is 4.79 Å². The lowest BCUT2D eigenvalue weighted by molar-refractivity contribution is 0.137.